The first kappa shape index (κ1) is 19.1. The van der Waals surface area contributed by atoms with Crippen molar-refractivity contribution in [2.45, 2.75) is 50.5 Å². The standard InChI is InChI=1S/C20H20F2N4O4/c1-11-23-17(24-30-11)18(27)25-6-4-20(5-7-25)19(28)26-15(2-3-16(26)29-20)12-8-13(21)10-14(22)9-12/h8-10,15-16H,2-7H2,1H3. The molecule has 4 heterocycles. The third-order valence-corrected chi connectivity index (χ3v) is 6.17. The van der Waals surface area contributed by atoms with E-state index in [0.29, 0.717) is 50.2 Å². The highest BCUT2D eigenvalue weighted by molar-refractivity contribution is 5.91. The molecule has 158 valence electrons. The number of piperidine rings is 1. The first-order valence-electron chi connectivity index (χ1n) is 9.92. The molecular formula is C20H20F2N4O4. The number of aryl methyl sites for hydroxylation is 1. The number of rotatable bonds is 2. The number of carbonyl (C=O) groups is 2. The summed E-state index contributed by atoms with van der Waals surface area (Å²) in [6, 6.07) is 2.93. The van der Waals surface area contributed by atoms with Crippen LogP contribution in [0.3, 0.4) is 0 Å². The Labute approximate surface area is 170 Å². The van der Waals surface area contributed by atoms with E-state index in [4.69, 9.17) is 9.26 Å². The normalized spacial score (nSPS) is 25.2. The van der Waals surface area contributed by atoms with Gasteiger partial charge in [-0.05, 0) is 30.5 Å². The Morgan fingerprint density at radius 3 is 2.50 bits per heavy atom. The second-order valence-electron chi connectivity index (χ2n) is 8.00. The van der Waals surface area contributed by atoms with E-state index in [9.17, 15) is 18.4 Å². The van der Waals surface area contributed by atoms with E-state index in [1.54, 1.807) is 16.7 Å². The summed E-state index contributed by atoms with van der Waals surface area (Å²) >= 11 is 0. The van der Waals surface area contributed by atoms with Gasteiger partial charge >= 0.3 is 0 Å². The molecule has 2 amide bonds. The van der Waals surface area contributed by atoms with Crippen molar-refractivity contribution in [3.8, 4) is 0 Å². The number of aromatic nitrogens is 2. The third-order valence-electron chi connectivity index (χ3n) is 6.17. The van der Waals surface area contributed by atoms with Crippen LogP contribution in [-0.2, 0) is 9.53 Å². The minimum atomic E-state index is -1.01. The molecule has 5 rings (SSSR count). The number of fused-ring (bicyclic) bond motifs is 1. The maximum atomic E-state index is 13.7. The Balaban J connectivity index is 1.32. The van der Waals surface area contributed by atoms with E-state index in [2.05, 4.69) is 10.1 Å². The van der Waals surface area contributed by atoms with Gasteiger partial charge in [-0.15, -0.1) is 0 Å². The van der Waals surface area contributed by atoms with Gasteiger partial charge in [-0.25, -0.2) is 8.78 Å². The number of nitrogens with zero attached hydrogens (tertiary/aromatic N) is 4. The number of amides is 2. The maximum absolute atomic E-state index is 13.7. The highest BCUT2D eigenvalue weighted by atomic mass is 19.1. The molecule has 0 N–H and O–H groups in total. The van der Waals surface area contributed by atoms with Gasteiger partial charge in [0.2, 0.25) is 5.89 Å². The van der Waals surface area contributed by atoms with Crippen LogP contribution in [0.5, 0.6) is 0 Å². The van der Waals surface area contributed by atoms with Crippen molar-refractivity contribution in [3.05, 3.63) is 47.1 Å². The number of ether oxygens (including phenoxy) is 1. The maximum Gasteiger partial charge on any atom is 0.295 e. The molecule has 1 aromatic heterocycles. The molecule has 3 fully saturated rings. The largest absolute Gasteiger partial charge is 0.342 e. The predicted molar refractivity (Wildman–Crippen MR) is 97.0 cm³/mol. The number of halogens is 2. The third kappa shape index (κ3) is 2.97. The van der Waals surface area contributed by atoms with Crippen LogP contribution in [0.15, 0.2) is 22.7 Å². The van der Waals surface area contributed by atoms with E-state index in [1.165, 1.54) is 12.1 Å². The fourth-order valence-electron chi connectivity index (χ4n) is 4.74. The smallest absolute Gasteiger partial charge is 0.295 e. The van der Waals surface area contributed by atoms with Gasteiger partial charge in [0.25, 0.3) is 17.6 Å². The molecule has 1 aromatic carbocycles. The van der Waals surface area contributed by atoms with Crippen molar-refractivity contribution in [2.75, 3.05) is 13.1 Å². The molecule has 3 aliphatic heterocycles. The topological polar surface area (TPSA) is 88.8 Å². The Morgan fingerprint density at radius 2 is 1.87 bits per heavy atom. The van der Waals surface area contributed by atoms with Crippen LogP contribution in [-0.4, -0.2) is 56.7 Å². The van der Waals surface area contributed by atoms with E-state index >= 15 is 0 Å². The molecule has 0 radical (unpaired) electrons. The summed E-state index contributed by atoms with van der Waals surface area (Å²) in [5, 5.41) is 3.65. The van der Waals surface area contributed by atoms with Gasteiger partial charge in [0.15, 0.2) is 5.60 Å². The summed E-state index contributed by atoms with van der Waals surface area (Å²) in [6.07, 6.45) is 1.44. The average Bonchev–Trinajstić information content (AvgIpc) is 3.38. The van der Waals surface area contributed by atoms with Gasteiger partial charge in [0, 0.05) is 38.9 Å². The average molecular weight is 418 g/mol. The van der Waals surface area contributed by atoms with Crippen LogP contribution < -0.4 is 0 Å². The summed E-state index contributed by atoms with van der Waals surface area (Å²) in [6.45, 7) is 2.24. The second kappa shape index (κ2) is 6.83. The van der Waals surface area contributed by atoms with Gasteiger partial charge in [-0.1, -0.05) is 5.16 Å². The van der Waals surface area contributed by atoms with Crippen molar-refractivity contribution in [1.82, 2.24) is 19.9 Å². The van der Waals surface area contributed by atoms with Crippen LogP contribution in [0.4, 0.5) is 8.78 Å². The zero-order chi connectivity index (χ0) is 21.0. The number of carbonyl (C=O) groups excluding carboxylic acids is 2. The molecule has 3 aliphatic rings. The van der Waals surface area contributed by atoms with E-state index in [1.807, 2.05) is 0 Å². The van der Waals surface area contributed by atoms with Crippen molar-refractivity contribution in [2.24, 2.45) is 0 Å². The van der Waals surface area contributed by atoms with E-state index in [-0.39, 0.29) is 17.6 Å². The summed E-state index contributed by atoms with van der Waals surface area (Å²) < 4.78 is 38.4. The lowest BCUT2D eigenvalue weighted by molar-refractivity contribution is -0.142. The van der Waals surface area contributed by atoms with Crippen molar-refractivity contribution < 1.29 is 27.6 Å². The van der Waals surface area contributed by atoms with Crippen molar-refractivity contribution in [1.29, 1.82) is 0 Å². The lowest BCUT2D eigenvalue weighted by Crippen LogP contribution is -2.51. The minimum Gasteiger partial charge on any atom is -0.342 e. The number of likely N-dealkylation sites (tertiary alicyclic amines) is 1. The SMILES string of the molecule is Cc1nc(C(=O)N2CCC3(CC2)OC2CCC(c4cc(F)cc(F)c4)N2C3=O)no1. The molecule has 0 aliphatic carbocycles. The highest BCUT2D eigenvalue weighted by Gasteiger charge is 2.58. The van der Waals surface area contributed by atoms with Gasteiger partial charge < -0.3 is 19.1 Å². The van der Waals surface area contributed by atoms with Gasteiger partial charge in [0.1, 0.15) is 17.9 Å². The monoisotopic (exact) mass is 418 g/mol. The first-order valence-corrected chi connectivity index (χ1v) is 9.92. The molecule has 3 saturated heterocycles. The second-order valence-corrected chi connectivity index (χ2v) is 8.00. The molecule has 1 spiro atoms. The lowest BCUT2D eigenvalue weighted by Gasteiger charge is -2.37. The Morgan fingerprint density at radius 1 is 1.17 bits per heavy atom. The van der Waals surface area contributed by atoms with Crippen LogP contribution in [0.2, 0.25) is 0 Å². The molecule has 10 heteroatoms. The Hall–Kier alpha value is -2.88. The van der Waals surface area contributed by atoms with Gasteiger partial charge in [-0.3, -0.25) is 9.59 Å². The predicted octanol–water partition coefficient (Wildman–Crippen LogP) is 2.35. The zero-order valence-corrected chi connectivity index (χ0v) is 16.3. The molecule has 2 unspecified atom stereocenters. The molecule has 8 nitrogen and oxygen atoms in total. The summed E-state index contributed by atoms with van der Waals surface area (Å²) in [5.41, 5.74) is -0.580. The Bertz CT molecular complexity index is 998. The fourth-order valence-corrected chi connectivity index (χ4v) is 4.74. The highest BCUT2D eigenvalue weighted by Crippen LogP contribution is 2.47. The molecule has 2 aromatic rings. The van der Waals surface area contributed by atoms with Gasteiger partial charge in [-0.2, -0.15) is 4.98 Å². The molecule has 30 heavy (non-hydrogen) atoms. The van der Waals surface area contributed by atoms with Crippen LogP contribution >= 0.6 is 0 Å². The number of hydrogen-bond donors (Lipinski definition) is 0. The van der Waals surface area contributed by atoms with E-state index < -0.39 is 29.5 Å². The molecular weight excluding hydrogens is 398 g/mol. The van der Waals surface area contributed by atoms with Crippen LogP contribution in [0.25, 0.3) is 0 Å². The van der Waals surface area contributed by atoms with Crippen molar-refractivity contribution >= 4 is 11.8 Å². The minimum absolute atomic E-state index is 0.00377. The summed E-state index contributed by atoms with van der Waals surface area (Å²) in [7, 11) is 0. The quantitative estimate of drug-likeness (QED) is 0.744. The molecule has 0 saturated carbocycles. The van der Waals surface area contributed by atoms with Crippen LogP contribution in [0.1, 0.15) is 53.8 Å². The number of benzene rings is 1. The summed E-state index contributed by atoms with van der Waals surface area (Å²) in [5.74, 6) is -1.56. The van der Waals surface area contributed by atoms with Crippen molar-refractivity contribution in [3.63, 3.8) is 0 Å². The van der Waals surface area contributed by atoms with E-state index in [0.717, 1.165) is 6.07 Å². The molecule has 2 atom stereocenters. The summed E-state index contributed by atoms with van der Waals surface area (Å²) in [4.78, 5) is 33.0. The first-order chi connectivity index (χ1) is 14.4. The van der Waals surface area contributed by atoms with Gasteiger partial charge in [0.05, 0.1) is 6.04 Å². The van der Waals surface area contributed by atoms with Crippen LogP contribution in [0, 0.1) is 18.6 Å². The fraction of sp³-hybridized carbons (Fsp3) is 0.500. The molecule has 0 bridgehead atoms. The lowest BCUT2D eigenvalue weighted by atomic mass is 9.89. The zero-order valence-electron chi connectivity index (χ0n) is 16.3. The number of hydrogen-bond acceptors (Lipinski definition) is 6. The Kier molecular flexibility index (Phi) is 4.35.